The summed E-state index contributed by atoms with van der Waals surface area (Å²) in [5.74, 6) is 1.58. The lowest BCUT2D eigenvalue weighted by Crippen LogP contribution is -2.24. The molecule has 2 aromatic rings. The van der Waals surface area contributed by atoms with Gasteiger partial charge in [0.15, 0.2) is 28.8 Å². The molecule has 1 aliphatic carbocycles. The van der Waals surface area contributed by atoms with Crippen LogP contribution < -0.4 is 23.7 Å². The Kier molecular flexibility index (Phi) is 4.68. The third-order valence-electron chi connectivity index (χ3n) is 5.85. The van der Waals surface area contributed by atoms with Crippen molar-refractivity contribution < 1.29 is 33.6 Å². The lowest BCUT2D eigenvalue weighted by Gasteiger charge is -2.28. The van der Waals surface area contributed by atoms with Crippen LogP contribution in [0.25, 0.3) is 11.1 Å². The first-order chi connectivity index (χ1) is 13.9. The number of benzene rings is 2. The van der Waals surface area contributed by atoms with Crippen LogP contribution in [0.1, 0.15) is 29.8 Å². The molecule has 2 aromatic carbocycles. The van der Waals surface area contributed by atoms with Crippen LogP contribution in [0.2, 0.25) is 0 Å². The van der Waals surface area contributed by atoms with Crippen molar-refractivity contribution in [1.29, 1.82) is 0 Å². The van der Waals surface area contributed by atoms with Crippen molar-refractivity contribution in [2.75, 3.05) is 28.1 Å². The average molecular weight is 400 g/mol. The highest BCUT2D eigenvalue weighted by molar-refractivity contribution is 6.08. The second-order valence-corrected chi connectivity index (χ2v) is 7.40. The Morgan fingerprint density at radius 3 is 2.31 bits per heavy atom. The predicted molar refractivity (Wildman–Crippen MR) is 106 cm³/mol. The van der Waals surface area contributed by atoms with Gasteiger partial charge in [-0.05, 0) is 30.0 Å². The average Bonchev–Trinajstić information content (AvgIpc) is 3.18. The molecular formula is C22H24O7. The highest BCUT2D eigenvalue weighted by Crippen LogP contribution is 2.56. The quantitative estimate of drug-likeness (QED) is 0.838. The fourth-order valence-corrected chi connectivity index (χ4v) is 4.18. The van der Waals surface area contributed by atoms with Gasteiger partial charge in [-0.1, -0.05) is 13.8 Å². The highest BCUT2D eigenvalue weighted by atomic mass is 16.7. The summed E-state index contributed by atoms with van der Waals surface area (Å²) in [6, 6.07) is 3.38. The number of rotatable bonds is 3. The molecule has 29 heavy (non-hydrogen) atoms. The Balaban J connectivity index is 2.17. The molecule has 1 N–H and O–H groups in total. The molecule has 0 spiro atoms. The van der Waals surface area contributed by atoms with E-state index in [1.807, 2.05) is 19.9 Å². The van der Waals surface area contributed by atoms with E-state index in [1.165, 1.54) is 20.3 Å². The molecular weight excluding hydrogens is 376 g/mol. The molecule has 0 unspecified atom stereocenters. The maximum atomic E-state index is 13.4. The van der Waals surface area contributed by atoms with Gasteiger partial charge in [0.2, 0.25) is 18.3 Å². The minimum absolute atomic E-state index is 0.0646. The van der Waals surface area contributed by atoms with Crippen molar-refractivity contribution in [3.8, 4) is 45.6 Å². The maximum Gasteiger partial charge on any atom is 0.231 e. The minimum atomic E-state index is -0.254. The van der Waals surface area contributed by atoms with E-state index >= 15 is 0 Å². The van der Waals surface area contributed by atoms with Gasteiger partial charge in [-0.25, -0.2) is 0 Å². The summed E-state index contributed by atoms with van der Waals surface area (Å²) in [5.41, 5.74) is 2.52. The molecule has 154 valence electrons. The lowest BCUT2D eigenvalue weighted by atomic mass is 9.77. The number of fused-ring (bicyclic) bond motifs is 4. The van der Waals surface area contributed by atoms with Gasteiger partial charge in [-0.15, -0.1) is 0 Å². The topological polar surface area (TPSA) is 83.5 Å². The van der Waals surface area contributed by atoms with Gasteiger partial charge >= 0.3 is 0 Å². The van der Waals surface area contributed by atoms with Gasteiger partial charge in [-0.2, -0.15) is 0 Å². The Labute approximate surface area is 169 Å². The van der Waals surface area contributed by atoms with E-state index in [0.717, 1.165) is 5.56 Å². The molecule has 0 bridgehead atoms. The Bertz CT molecular complexity index is 996. The van der Waals surface area contributed by atoms with Gasteiger partial charge in [0.1, 0.15) is 0 Å². The number of ketones is 1. The van der Waals surface area contributed by atoms with Gasteiger partial charge < -0.3 is 28.8 Å². The molecule has 7 heteroatoms. The zero-order valence-electron chi connectivity index (χ0n) is 17.1. The van der Waals surface area contributed by atoms with Crippen LogP contribution >= 0.6 is 0 Å². The Morgan fingerprint density at radius 2 is 1.66 bits per heavy atom. The third-order valence-corrected chi connectivity index (χ3v) is 5.85. The summed E-state index contributed by atoms with van der Waals surface area (Å²) in [5, 5.41) is 10.5. The van der Waals surface area contributed by atoms with Crippen molar-refractivity contribution in [3.63, 3.8) is 0 Å². The fraction of sp³-hybridized carbons (Fsp3) is 0.409. The van der Waals surface area contributed by atoms with E-state index in [0.29, 0.717) is 40.4 Å². The summed E-state index contributed by atoms with van der Waals surface area (Å²) in [7, 11) is 4.47. The van der Waals surface area contributed by atoms with Crippen molar-refractivity contribution >= 4 is 5.78 Å². The van der Waals surface area contributed by atoms with Gasteiger partial charge in [0, 0.05) is 22.6 Å². The summed E-state index contributed by atoms with van der Waals surface area (Å²) < 4.78 is 28.0. The van der Waals surface area contributed by atoms with E-state index in [2.05, 4.69) is 0 Å². The highest BCUT2D eigenvalue weighted by Gasteiger charge is 2.37. The van der Waals surface area contributed by atoms with E-state index in [4.69, 9.17) is 23.7 Å². The smallest absolute Gasteiger partial charge is 0.231 e. The SMILES string of the molecule is COc1c(O)cc2c(c1OC)-c1c(cc3c(c1OC)OCO3)C[C@H](C)[C@H](C)C2=O. The number of phenols is 1. The number of Topliss-reactive ketones (excluding diaryl/α,β-unsaturated/α-hetero) is 1. The van der Waals surface area contributed by atoms with Crippen molar-refractivity contribution in [2.24, 2.45) is 11.8 Å². The number of methoxy groups -OCH3 is 3. The lowest BCUT2D eigenvalue weighted by molar-refractivity contribution is 0.0892. The normalized spacial score (nSPS) is 19.7. The van der Waals surface area contributed by atoms with Gasteiger partial charge in [0.25, 0.3) is 0 Å². The van der Waals surface area contributed by atoms with E-state index < -0.39 is 0 Å². The number of aromatic hydroxyl groups is 1. The maximum absolute atomic E-state index is 13.4. The van der Waals surface area contributed by atoms with Crippen molar-refractivity contribution in [2.45, 2.75) is 20.3 Å². The van der Waals surface area contributed by atoms with Gasteiger partial charge in [0.05, 0.1) is 21.3 Å². The summed E-state index contributed by atoms with van der Waals surface area (Å²) in [6.45, 7) is 4.04. The monoisotopic (exact) mass is 400 g/mol. The number of carbonyl (C=O) groups excluding carboxylic acids is 1. The minimum Gasteiger partial charge on any atom is -0.504 e. The Morgan fingerprint density at radius 1 is 0.966 bits per heavy atom. The van der Waals surface area contributed by atoms with Gasteiger partial charge in [-0.3, -0.25) is 4.79 Å². The number of hydrogen-bond donors (Lipinski definition) is 1. The first-order valence-corrected chi connectivity index (χ1v) is 9.44. The van der Waals surface area contributed by atoms with Crippen molar-refractivity contribution in [3.05, 3.63) is 23.3 Å². The molecule has 1 aliphatic heterocycles. The number of phenolic OH excluding ortho intramolecular Hbond substituents is 1. The van der Waals surface area contributed by atoms with Crippen LogP contribution in [0.3, 0.4) is 0 Å². The summed E-state index contributed by atoms with van der Waals surface area (Å²) in [6.07, 6.45) is 0.640. The largest absolute Gasteiger partial charge is 0.504 e. The van der Waals surface area contributed by atoms with Crippen LogP contribution in [0.15, 0.2) is 12.1 Å². The first-order valence-electron chi connectivity index (χ1n) is 9.44. The van der Waals surface area contributed by atoms with Crippen LogP contribution in [0.4, 0.5) is 0 Å². The summed E-state index contributed by atoms with van der Waals surface area (Å²) in [4.78, 5) is 13.4. The third kappa shape index (κ3) is 2.75. The van der Waals surface area contributed by atoms with Crippen molar-refractivity contribution in [1.82, 2.24) is 0 Å². The van der Waals surface area contributed by atoms with E-state index in [-0.39, 0.29) is 41.7 Å². The number of hydrogen-bond acceptors (Lipinski definition) is 7. The molecule has 0 saturated heterocycles. The molecule has 1 heterocycles. The van der Waals surface area contributed by atoms with E-state index in [1.54, 1.807) is 7.11 Å². The molecule has 0 amide bonds. The standard InChI is InChI=1S/C22H24O7/c1-10-6-12-7-15-20(29-9-28-15)21(26-4)16(12)17-13(18(24)11(10)2)8-14(23)19(25-3)22(17)27-5/h7-8,10-11,23H,6,9H2,1-5H3/t10-,11-/m0/s1. The fourth-order valence-electron chi connectivity index (χ4n) is 4.18. The number of carbonyl (C=O) groups is 1. The molecule has 0 saturated carbocycles. The molecule has 0 radical (unpaired) electrons. The van der Waals surface area contributed by atoms with Crippen LogP contribution in [-0.4, -0.2) is 39.0 Å². The second kappa shape index (κ2) is 7.06. The van der Waals surface area contributed by atoms with Crippen LogP contribution in [-0.2, 0) is 6.42 Å². The molecule has 0 fully saturated rings. The predicted octanol–water partition coefficient (Wildman–Crippen LogP) is 3.82. The zero-order valence-corrected chi connectivity index (χ0v) is 17.1. The zero-order chi connectivity index (χ0) is 20.9. The van der Waals surface area contributed by atoms with Crippen LogP contribution in [0, 0.1) is 11.8 Å². The molecule has 4 rings (SSSR count). The second-order valence-electron chi connectivity index (χ2n) is 7.40. The van der Waals surface area contributed by atoms with E-state index in [9.17, 15) is 9.90 Å². The first kappa shape index (κ1) is 19.2. The molecule has 0 aromatic heterocycles. The summed E-state index contributed by atoms with van der Waals surface area (Å²) >= 11 is 0. The number of ether oxygens (including phenoxy) is 5. The molecule has 2 atom stereocenters. The van der Waals surface area contributed by atoms with Crippen LogP contribution in [0.5, 0.6) is 34.5 Å². The molecule has 7 nitrogen and oxygen atoms in total. The molecule has 2 aliphatic rings. The Hall–Kier alpha value is -3.09.